The Bertz CT molecular complexity index is 448. The fourth-order valence-corrected chi connectivity index (χ4v) is 5.67. The van der Waals surface area contributed by atoms with Crippen LogP contribution in [-0.2, 0) is 9.53 Å². The van der Waals surface area contributed by atoms with Crippen molar-refractivity contribution in [2.24, 2.45) is 11.8 Å². The van der Waals surface area contributed by atoms with Crippen LogP contribution in [0.1, 0.15) is 59.3 Å². The molecule has 2 heterocycles. The summed E-state index contributed by atoms with van der Waals surface area (Å²) in [5.41, 5.74) is 0.0851. The van der Waals surface area contributed by atoms with Gasteiger partial charge in [-0.15, -0.1) is 0 Å². The van der Waals surface area contributed by atoms with E-state index in [0.717, 1.165) is 57.5 Å². The van der Waals surface area contributed by atoms with E-state index in [-0.39, 0.29) is 17.5 Å². The Hall–Kier alpha value is -0.650. The minimum absolute atomic E-state index is 0.0851. The first kappa shape index (κ1) is 20.1. The van der Waals surface area contributed by atoms with Crippen molar-refractivity contribution in [2.45, 2.75) is 70.9 Å². The van der Waals surface area contributed by atoms with Crippen LogP contribution in [0.15, 0.2) is 0 Å². The standard InChI is InChI=1S/C21H39N3O2/c1-17-12-18(2)15-23(14-17)16-19(3)22-20(25)13-21(6-4-5-7-21)24-8-10-26-11-9-24/h17-19H,4-16H2,1-3H3,(H,22,25)/t17-,18-,19+/m1/s1. The largest absolute Gasteiger partial charge is 0.379 e. The Morgan fingerprint density at radius 3 is 2.38 bits per heavy atom. The van der Waals surface area contributed by atoms with Crippen molar-refractivity contribution in [1.29, 1.82) is 0 Å². The molecule has 0 spiro atoms. The summed E-state index contributed by atoms with van der Waals surface area (Å²) < 4.78 is 5.53. The van der Waals surface area contributed by atoms with Gasteiger partial charge in [-0.3, -0.25) is 9.69 Å². The molecule has 0 bridgehead atoms. The molecule has 5 nitrogen and oxygen atoms in total. The molecule has 2 saturated heterocycles. The lowest BCUT2D eigenvalue weighted by atomic mass is 9.89. The van der Waals surface area contributed by atoms with Gasteiger partial charge < -0.3 is 15.0 Å². The van der Waals surface area contributed by atoms with Gasteiger partial charge in [0.25, 0.3) is 0 Å². The molecule has 2 aliphatic heterocycles. The fourth-order valence-electron chi connectivity index (χ4n) is 5.67. The van der Waals surface area contributed by atoms with E-state index >= 15 is 0 Å². The minimum Gasteiger partial charge on any atom is -0.379 e. The molecule has 3 aliphatic rings. The van der Waals surface area contributed by atoms with E-state index in [1.807, 2.05) is 0 Å². The summed E-state index contributed by atoms with van der Waals surface area (Å²) in [6.45, 7) is 13.7. The first-order valence-corrected chi connectivity index (χ1v) is 10.8. The zero-order valence-electron chi connectivity index (χ0n) is 17.1. The number of morpholine rings is 1. The molecule has 0 unspecified atom stereocenters. The van der Waals surface area contributed by atoms with Gasteiger partial charge in [-0.2, -0.15) is 0 Å². The van der Waals surface area contributed by atoms with Crippen LogP contribution >= 0.6 is 0 Å². The third-order valence-electron chi connectivity index (χ3n) is 6.59. The normalized spacial score (nSPS) is 31.7. The van der Waals surface area contributed by atoms with E-state index < -0.39 is 0 Å². The van der Waals surface area contributed by atoms with Crippen LogP contribution < -0.4 is 5.32 Å². The van der Waals surface area contributed by atoms with Gasteiger partial charge in [-0.1, -0.05) is 26.7 Å². The first-order chi connectivity index (χ1) is 12.5. The van der Waals surface area contributed by atoms with E-state index in [0.29, 0.717) is 6.42 Å². The predicted octanol–water partition coefficient (Wildman–Crippen LogP) is 2.50. The Morgan fingerprint density at radius 1 is 1.15 bits per heavy atom. The van der Waals surface area contributed by atoms with Gasteiger partial charge in [-0.05, 0) is 38.0 Å². The third kappa shape index (κ3) is 5.20. The van der Waals surface area contributed by atoms with Gasteiger partial charge in [0.05, 0.1) is 13.2 Å². The second-order valence-electron chi connectivity index (χ2n) is 9.34. The Morgan fingerprint density at radius 2 is 1.77 bits per heavy atom. The second-order valence-corrected chi connectivity index (χ2v) is 9.34. The number of hydrogen-bond acceptors (Lipinski definition) is 4. The van der Waals surface area contributed by atoms with Gasteiger partial charge in [0.2, 0.25) is 5.91 Å². The highest BCUT2D eigenvalue weighted by Gasteiger charge is 2.41. The summed E-state index contributed by atoms with van der Waals surface area (Å²) in [6, 6.07) is 0.225. The smallest absolute Gasteiger partial charge is 0.222 e. The number of amides is 1. The number of ether oxygens (including phenoxy) is 1. The van der Waals surface area contributed by atoms with E-state index in [1.54, 1.807) is 0 Å². The van der Waals surface area contributed by atoms with Crippen molar-refractivity contribution in [3.05, 3.63) is 0 Å². The van der Waals surface area contributed by atoms with Crippen LogP contribution in [-0.4, -0.2) is 73.2 Å². The summed E-state index contributed by atoms with van der Waals surface area (Å²) in [7, 11) is 0. The van der Waals surface area contributed by atoms with E-state index in [1.165, 1.54) is 32.4 Å². The van der Waals surface area contributed by atoms with Gasteiger partial charge in [0.1, 0.15) is 0 Å². The van der Waals surface area contributed by atoms with Crippen LogP contribution in [0.2, 0.25) is 0 Å². The number of nitrogens with zero attached hydrogens (tertiary/aromatic N) is 2. The quantitative estimate of drug-likeness (QED) is 0.785. The number of hydrogen-bond donors (Lipinski definition) is 1. The average Bonchev–Trinajstić information content (AvgIpc) is 3.04. The molecule has 1 N–H and O–H groups in total. The van der Waals surface area contributed by atoms with Crippen molar-refractivity contribution in [2.75, 3.05) is 45.9 Å². The maximum Gasteiger partial charge on any atom is 0.222 e. The Balaban J connectivity index is 1.50. The van der Waals surface area contributed by atoms with E-state index in [4.69, 9.17) is 4.74 Å². The number of rotatable bonds is 6. The van der Waals surface area contributed by atoms with Crippen molar-refractivity contribution in [3.8, 4) is 0 Å². The SMILES string of the molecule is C[C@@H]1C[C@@H](C)CN(C[C@H](C)NC(=O)CC2(N3CCOCC3)CCCC2)C1. The van der Waals surface area contributed by atoms with Crippen LogP contribution in [0.4, 0.5) is 0 Å². The summed E-state index contributed by atoms with van der Waals surface area (Å²) in [6.07, 6.45) is 6.82. The van der Waals surface area contributed by atoms with E-state index in [2.05, 4.69) is 35.9 Å². The van der Waals surface area contributed by atoms with Crippen molar-refractivity contribution >= 4 is 5.91 Å². The third-order valence-corrected chi connectivity index (χ3v) is 6.59. The molecule has 3 fully saturated rings. The van der Waals surface area contributed by atoms with E-state index in [9.17, 15) is 4.79 Å². The zero-order chi connectivity index (χ0) is 18.6. The minimum atomic E-state index is 0.0851. The summed E-state index contributed by atoms with van der Waals surface area (Å²) in [5.74, 6) is 1.78. The molecule has 150 valence electrons. The molecule has 5 heteroatoms. The van der Waals surface area contributed by atoms with Crippen molar-refractivity contribution in [3.63, 3.8) is 0 Å². The maximum absolute atomic E-state index is 12.8. The maximum atomic E-state index is 12.8. The highest BCUT2D eigenvalue weighted by molar-refractivity contribution is 5.77. The van der Waals surface area contributed by atoms with Crippen molar-refractivity contribution < 1.29 is 9.53 Å². The Labute approximate surface area is 159 Å². The van der Waals surface area contributed by atoms with Crippen molar-refractivity contribution in [1.82, 2.24) is 15.1 Å². The lowest BCUT2D eigenvalue weighted by Crippen LogP contribution is -2.55. The van der Waals surface area contributed by atoms with Crippen LogP contribution in [0.3, 0.4) is 0 Å². The fraction of sp³-hybridized carbons (Fsp3) is 0.952. The highest BCUT2D eigenvalue weighted by atomic mass is 16.5. The number of carbonyl (C=O) groups is 1. The summed E-state index contributed by atoms with van der Waals surface area (Å²) in [4.78, 5) is 17.9. The molecule has 0 aromatic heterocycles. The number of nitrogens with one attached hydrogen (secondary N) is 1. The lowest BCUT2D eigenvalue weighted by molar-refractivity contribution is -0.126. The number of carbonyl (C=O) groups excluding carboxylic acids is 1. The molecular formula is C21H39N3O2. The number of likely N-dealkylation sites (tertiary alicyclic amines) is 1. The highest BCUT2D eigenvalue weighted by Crippen LogP contribution is 2.38. The molecular weight excluding hydrogens is 326 g/mol. The summed E-state index contributed by atoms with van der Waals surface area (Å²) in [5, 5.41) is 3.31. The molecule has 1 amide bonds. The zero-order valence-corrected chi connectivity index (χ0v) is 17.1. The Kier molecular flexibility index (Phi) is 6.98. The summed E-state index contributed by atoms with van der Waals surface area (Å²) >= 11 is 0. The van der Waals surface area contributed by atoms with Gasteiger partial charge in [0, 0.05) is 50.7 Å². The molecule has 0 aromatic rings. The molecule has 0 radical (unpaired) electrons. The molecule has 1 saturated carbocycles. The molecule has 1 aliphatic carbocycles. The predicted molar refractivity (Wildman–Crippen MR) is 105 cm³/mol. The van der Waals surface area contributed by atoms with Gasteiger partial charge >= 0.3 is 0 Å². The monoisotopic (exact) mass is 365 g/mol. The van der Waals surface area contributed by atoms with Gasteiger partial charge in [0.15, 0.2) is 0 Å². The molecule has 0 aromatic carbocycles. The molecule has 3 atom stereocenters. The number of piperidine rings is 1. The average molecular weight is 366 g/mol. The molecule has 3 rings (SSSR count). The van der Waals surface area contributed by atoms with Crippen LogP contribution in [0.25, 0.3) is 0 Å². The van der Waals surface area contributed by atoms with Crippen LogP contribution in [0.5, 0.6) is 0 Å². The topological polar surface area (TPSA) is 44.8 Å². The second kappa shape index (κ2) is 9.03. The lowest BCUT2D eigenvalue weighted by Gasteiger charge is -2.43. The first-order valence-electron chi connectivity index (χ1n) is 10.8. The van der Waals surface area contributed by atoms with Crippen LogP contribution in [0, 0.1) is 11.8 Å². The molecule has 26 heavy (non-hydrogen) atoms. The van der Waals surface area contributed by atoms with Gasteiger partial charge in [-0.25, -0.2) is 0 Å².